The summed E-state index contributed by atoms with van der Waals surface area (Å²) in [5.74, 6) is 6.51. The number of hydrogen-bond acceptors (Lipinski definition) is 7. The molecule has 3 rings (SSSR count). The van der Waals surface area contributed by atoms with Crippen LogP contribution in [0.5, 0.6) is 5.75 Å². The quantitative estimate of drug-likeness (QED) is 0.695. The molecule has 0 bridgehead atoms. The van der Waals surface area contributed by atoms with Crippen LogP contribution in [0.2, 0.25) is 0 Å². The van der Waals surface area contributed by atoms with E-state index in [4.69, 9.17) is 15.0 Å². The minimum absolute atomic E-state index is 0.175. The lowest BCUT2D eigenvalue weighted by molar-refractivity contribution is 0.102. The van der Waals surface area contributed by atoms with E-state index < -0.39 is 0 Å². The molecule has 0 spiro atoms. The number of hydrogen-bond donors (Lipinski definition) is 2. The molecule has 2 aromatic heterocycles. The third-order valence-electron chi connectivity index (χ3n) is 3.34. The molecule has 8 heteroatoms. The number of aryl methyl sites for hydroxylation is 1. The van der Waals surface area contributed by atoms with Gasteiger partial charge in [-0.05, 0) is 25.1 Å². The van der Waals surface area contributed by atoms with Crippen LogP contribution in [0.25, 0.3) is 0 Å². The van der Waals surface area contributed by atoms with Crippen LogP contribution in [0.15, 0.2) is 41.2 Å². The number of aromatic nitrogens is 3. The predicted molar refractivity (Wildman–Crippen MR) is 94.6 cm³/mol. The summed E-state index contributed by atoms with van der Waals surface area (Å²) in [7, 11) is 1.53. The number of anilines is 2. The van der Waals surface area contributed by atoms with Gasteiger partial charge in [-0.15, -0.1) is 0 Å². The van der Waals surface area contributed by atoms with Crippen molar-refractivity contribution in [2.45, 2.75) is 6.92 Å². The van der Waals surface area contributed by atoms with Gasteiger partial charge in [-0.25, -0.2) is 9.97 Å². The van der Waals surface area contributed by atoms with Gasteiger partial charge in [0.05, 0.1) is 23.9 Å². The minimum atomic E-state index is -0.345. The SMILES string of the molecule is COc1ccc(C(=O)Nc2cc(C)no2)cc1C#Cc1cnc(N)nc1. The molecule has 8 nitrogen and oxygen atoms in total. The Hall–Kier alpha value is -3.86. The van der Waals surface area contributed by atoms with Gasteiger partial charge in [-0.3, -0.25) is 10.1 Å². The number of benzene rings is 1. The number of nitrogens with zero attached hydrogens (tertiary/aromatic N) is 3. The summed E-state index contributed by atoms with van der Waals surface area (Å²) in [6.07, 6.45) is 3.04. The van der Waals surface area contributed by atoms with Crippen LogP contribution >= 0.6 is 0 Å². The average Bonchev–Trinajstić information content (AvgIpc) is 3.05. The first-order valence-corrected chi connectivity index (χ1v) is 7.57. The summed E-state index contributed by atoms with van der Waals surface area (Å²) in [4.78, 5) is 20.1. The van der Waals surface area contributed by atoms with Crippen molar-refractivity contribution in [3.63, 3.8) is 0 Å². The molecule has 1 amide bonds. The van der Waals surface area contributed by atoms with E-state index in [0.29, 0.717) is 28.1 Å². The first-order chi connectivity index (χ1) is 12.5. The molecule has 3 aromatic rings. The molecule has 0 saturated heterocycles. The Balaban J connectivity index is 1.86. The summed E-state index contributed by atoms with van der Waals surface area (Å²) >= 11 is 0. The smallest absolute Gasteiger partial charge is 0.258 e. The predicted octanol–water partition coefficient (Wildman–Crippen LogP) is 2.02. The van der Waals surface area contributed by atoms with Crippen molar-refractivity contribution in [3.8, 4) is 17.6 Å². The van der Waals surface area contributed by atoms with E-state index in [1.807, 2.05) is 0 Å². The molecular formula is C18H15N5O3. The largest absolute Gasteiger partial charge is 0.495 e. The van der Waals surface area contributed by atoms with Crippen LogP contribution in [0.4, 0.5) is 11.8 Å². The summed E-state index contributed by atoms with van der Waals surface area (Å²) in [6, 6.07) is 6.56. The van der Waals surface area contributed by atoms with Gasteiger partial charge < -0.3 is 15.0 Å². The fourth-order valence-corrected chi connectivity index (χ4v) is 2.10. The van der Waals surface area contributed by atoms with Crippen LogP contribution in [0, 0.1) is 18.8 Å². The van der Waals surface area contributed by atoms with Gasteiger partial charge in [0.25, 0.3) is 5.91 Å². The maximum atomic E-state index is 12.4. The van der Waals surface area contributed by atoms with Crippen molar-refractivity contribution >= 4 is 17.7 Å². The molecule has 0 aliphatic carbocycles. The van der Waals surface area contributed by atoms with Gasteiger partial charge in [-0.1, -0.05) is 17.0 Å². The number of nitrogen functional groups attached to an aromatic ring is 1. The second kappa shape index (κ2) is 7.36. The molecule has 3 N–H and O–H groups in total. The van der Waals surface area contributed by atoms with Gasteiger partial charge in [-0.2, -0.15) is 0 Å². The van der Waals surface area contributed by atoms with E-state index in [1.54, 1.807) is 31.2 Å². The van der Waals surface area contributed by atoms with Gasteiger partial charge in [0.1, 0.15) is 5.75 Å². The number of ether oxygens (including phenoxy) is 1. The van der Waals surface area contributed by atoms with E-state index >= 15 is 0 Å². The Morgan fingerprint density at radius 2 is 2.00 bits per heavy atom. The lowest BCUT2D eigenvalue weighted by Gasteiger charge is -2.06. The van der Waals surface area contributed by atoms with Gasteiger partial charge in [0, 0.05) is 24.0 Å². The maximum absolute atomic E-state index is 12.4. The Bertz CT molecular complexity index is 1000. The summed E-state index contributed by atoms with van der Waals surface area (Å²) in [6.45, 7) is 1.77. The van der Waals surface area contributed by atoms with Crippen molar-refractivity contribution in [3.05, 3.63) is 59.0 Å². The van der Waals surface area contributed by atoms with Crippen LogP contribution in [0.3, 0.4) is 0 Å². The van der Waals surface area contributed by atoms with Crippen molar-refractivity contribution in [1.29, 1.82) is 0 Å². The normalized spacial score (nSPS) is 9.92. The molecule has 0 aliphatic heterocycles. The Kier molecular flexibility index (Phi) is 4.80. The van der Waals surface area contributed by atoms with Gasteiger partial charge in [0.2, 0.25) is 11.8 Å². The number of carbonyl (C=O) groups is 1. The maximum Gasteiger partial charge on any atom is 0.258 e. The first kappa shape index (κ1) is 17.0. The molecule has 0 atom stereocenters. The van der Waals surface area contributed by atoms with E-state index in [0.717, 1.165) is 0 Å². The fraction of sp³-hybridized carbons (Fsp3) is 0.111. The average molecular weight is 349 g/mol. The minimum Gasteiger partial charge on any atom is -0.495 e. The number of nitrogens with two attached hydrogens (primary N) is 1. The second-order valence-electron chi connectivity index (χ2n) is 5.28. The zero-order valence-corrected chi connectivity index (χ0v) is 14.1. The summed E-state index contributed by atoms with van der Waals surface area (Å²) in [5.41, 5.74) is 7.66. The third kappa shape index (κ3) is 3.96. The monoisotopic (exact) mass is 349 g/mol. The molecule has 0 radical (unpaired) electrons. The van der Waals surface area contributed by atoms with Crippen molar-refractivity contribution < 1.29 is 14.1 Å². The molecule has 1 aromatic carbocycles. The van der Waals surface area contributed by atoms with E-state index in [2.05, 4.69) is 32.3 Å². The molecule has 0 unspecified atom stereocenters. The number of methoxy groups -OCH3 is 1. The van der Waals surface area contributed by atoms with E-state index in [9.17, 15) is 4.79 Å². The Labute approximate surface area is 149 Å². The molecule has 0 fully saturated rings. The number of rotatable bonds is 3. The highest BCUT2D eigenvalue weighted by atomic mass is 16.5. The number of carbonyl (C=O) groups excluding carboxylic acids is 1. The van der Waals surface area contributed by atoms with Crippen LogP contribution < -0.4 is 15.8 Å². The first-order valence-electron chi connectivity index (χ1n) is 7.57. The molecule has 26 heavy (non-hydrogen) atoms. The molecule has 0 aliphatic rings. The fourth-order valence-electron chi connectivity index (χ4n) is 2.10. The lowest BCUT2D eigenvalue weighted by atomic mass is 10.1. The molecule has 0 saturated carbocycles. The van der Waals surface area contributed by atoms with E-state index in [-0.39, 0.29) is 17.7 Å². The Morgan fingerprint density at radius 3 is 2.65 bits per heavy atom. The standard InChI is InChI=1S/C18H15N5O3/c1-11-7-16(26-23-11)22-17(24)14-5-6-15(25-2)13(8-14)4-3-12-9-20-18(19)21-10-12/h5-10H,1-2H3,(H,22,24)(H2,19,20,21). The van der Waals surface area contributed by atoms with Crippen LogP contribution in [0.1, 0.15) is 27.2 Å². The highest BCUT2D eigenvalue weighted by Crippen LogP contribution is 2.20. The molecular weight excluding hydrogens is 334 g/mol. The van der Waals surface area contributed by atoms with Crippen LogP contribution in [-0.2, 0) is 0 Å². The molecule has 2 heterocycles. The number of nitrogens with one attached hydrogen (secondary N) is 1. The van der Waals surface area contributed by atoms with Crippen LogP contribution in [-0.4, -0.2) is 28.1 Å². The summed E-state index contributed by atoms with van der Waals surface area (Å²) in [5, 5.41) is 6.36. The van der Waals surface area contributed by atoms with Gasteiger partial charge >= 0.3 is 0 Å². The van der Waals surface area contributed by atoms with E-state index in [1.165, 1.54) is 19.5 Å². The highest BCUT2D eigenvalue weighted by molar-refractivity contribution is 6.03. The van der Waals surface area contributed by atoms with Gasteiger partial charge in [0.15, 0.2) is 0 Å². The third-order valence-corrected chi connectivity index (χ3v) is 3.34. The zero-order valence-electron chi connectivity index (χ0n) is 14.1. The number of amides is 1. The summed E-state index contributed by atoms with van der Waals surface area (Å²) < 4.78 is 10.3. The van der Waals surface area contributed by atoms with Crippen molar-refractivity contribution in [2.75, 3.05) is 18.2 Å². The highest BCUT2D eigenvalue weighted by Gasteiger charge is 2.11. The Morgan fingerprint density at radius 1 is 1.23 bits per heavy atom. The lowest BCUT2D eigenvalue weighted by Crippen LogP contribution is -2.11. The zero-order chi connectivity index (χ0) is 18.5. The van der Waals surface area contributed by atoms with Crippen molar-refractivity contribution in [2.24, 2.45) is 0 Å². The topological polar surface area (TPSA) is 116 Å². The second-order valence-corrected chi connectivity index (χ2v) is 5.28. The molecule has 130 valence electrons. The van der Waals surface area contributed by atoms with Crippen molar-refractivity contribution in [1.82, 2.24) is 15.1 Å².